The Balaban J connectivity index is 1.98. The van der Waals surface area contributed by atoms with Gasteiger partial charge in [-0.15, -0.1) is 0 Å². The first kappa shape index (κ1) is 15.2. The minimum Gasteiger partial charge on any atom is -0.361 e. The highest BCUT2D eigenvalue weighted by Gasteiger charge is 2.21. The SMILES string of the molecule is Cc1cc(NC(=O)[C@@H](C)N(C)Cc2c(C)noc2C)on1. The molecule has 0 saturated heterocycles. The van der Waals surface area contributed by atoms with Crippen LogP contribution in [0.1, 0.15) is 29.6 Å². The van der Waals surface area contributed by atoms with Crippen molar-refractivity contribution in [2.24, 2.45) is 0 Å². The van der Waals surface area contributed by atoms with Crippen LogP contribution in [0.15, 0.2) is 15.1 Å². The van der Waals surface area contributed by atoms with Crippen molar-refractivity contribution >= 4 is 11.8 Å². The van der Waals surface area contributed by atoms with Gasteiger partial charge in [-0.05, 0) is 34.7 Å². The molecule has 7 heteroatoms. The number of nitrogens with one attached hydrogen (secondary N) is 1. The van der Waals surface area contributed by atoms with Crippen molar-refractivity contribution in [3.63, 3.8) is 0 Å². The smallest absolute Gasteiger partial charge is 0.243 e. The Morgan fingerprint density at radius 2 is 2.05 bits per heavy atom. The summed E-state index contributed by atoms with van der Waals surface area (Å²) in [5.74, 6) is 0.980. The maximum atomic E-state index is 12.2. The van der Waals surface area contributed by atoms with E-state index in [4.69, 9.17) is 9.05 Å². The predicted octanol–water partition coefficient (Wildman–Crippen LogP) is 2.05. The van der Waals surface area contributed by atoms with E-state index in [0.717, 1.165) is 22.7 Å². The lowest BCUT2D eigenvalue weighted by molar-refractivity contribution is -0.120. The minimum absolute atomic E-state index is 0.152. The Bertz CT molecular complexity index is 612. The van der Waals surface area contributed by atoms with Crippen LogP contribution in [0.25, 0.3) is 0 Å². The fourth-order valence-electron chi connectivity index (χ4n) is 1.96. The first-order valence-electron chi connectivity index (χ1n) is 6.74. The maximum Gasteiger partial charge on any atom is 0.243 e. The molecule has 2 aromatic heterocycles. The highest BCUT2D eigenvalue weighted by molar-refractivity contribution is 5.93. The molecule has 7 nitrogen and oxygen atoms in total. The molecule has 0 fully saturated rings. The molecular weight excluding hydrogens is 272 g/mol. The third-order valence-corrected chi connectivity index (χ3v) is 3.50. The number of likely N-dealkylation sites (N-methyl/N-ethyl adjacent to an activating group) is 1. The third-order valence-electron chi connectivity index (χ3n) is 3.50. The van der Waals surface area contributed by atoms with E-state index in [-0.39, 0.29) is 11.9 Å². The number of nitrogens with zero attached hydrogens (tertiary/aromatic N) is 3. The fraction of sp³-hybridized carbons (Fsp3) is 0.500. The van der Waals surface area contributed by atoms with Gasteiger partial charge >= 0.3 is 0 Å². The summed E-state index contributed by atoms with van der Waals surface area (Å²) in [7, 11) is 1.88. The number of hydrogen-bond acceptors (Lipinski definition) is 6. The van der Waals surface area contributed by atoms with Gasteiger partial charge in [0.1, 0.15) is 5.76 Å². The number of aromatic nitrogens is 2. The Labute approximate surface area is 123 Å². The van der Waals surface area contributed by atoms with Gasteiger partial charge in [-0.3, -0.25) is 15.0 Å². The van der Waals surface area contributed by atoms with E-state index in [0.29, 0.717) is 12.4 Å². The molecule has 114 valence electrons. The van der Waals surface area contributed by atoms with Gasteiger partial charge in [0.05, 0.1) is 17.4 Å². The predicted molar refractivity (Wildman–Crippen MR) is 76.8 cm³/mol. The van der Waals surface area contributed by atoms with Crippen LogP contribution in [0.4, 0.5) is 5.88 Å². The van der Waals surface area contributed by atoms with Crippen LogP contribution in [0.5, 0.6) is 0 Å². The van der Waals surface area contributed by atoms with Crippen LogP contribution in [-0.4, -0.2) is 34.2 Å². The monoisotopic (exact) mass is 292 g/mol. The number of amides is 1. The summed E-state index contributed by atoms with van der Waals surface area (Å²) in [6.45, 7) is 7.97. The lowest BCUT2D eigenvalue weighted by atomic mass is 10.1. The highest BCUT2D eigenvalue weighted by atomic mass is 16.5. The molecule has 0 aliphatic rings. The van der Waals surface area contributed by atoms with Gasteiger partial charge in [0.25, 0.3) is 0 Å². The second kappa shape index (κ2) is 6.09. The lowest BCUT2D eigenvalue weighted by Crippen LogP contribution is -2.39. The van der Waals surface area contributed by atoms with Crippen molar-refractivity contribution in [3.8, 4) is 0 Å². The first-order valence-corrected chi connectivity index (χ1v) is 6.74. The molecule has 0 aliphatic heterocycles. The van der Waals surface area contributed by atoms with Crippen LogP contribution >= 0.6 is 0 Å². The molecule has 0 aliphatic carbocycles. The second-order valence-electron chi connectivity index (χ2n) is 5.22. The summed E-state index contributed by atoms with van der Waals surface area (Å²) < 4.78 is 10.1. The molecule has 0 bridgehead atoms. The summed E-state index contributed by atoms with van der Waals surface area (Å²) >= 11 is 0. The summed E-state index contributed by atoms with van der Waals surface area (Å²) in [6, 6.07) is 1.35. The number of hydrogen-bond donors (Lipinski definition) is 1. The Hall–Kier alpha value is -2.15. The summed E-state index contributed by atoms with van der Waals surface area (Å²) in [5, 5.41) is 10.4. The van der Waals surface area contributed by atoms with Crippen LogP contribution in [0.3, 0.4) is 0 Å². The zero-order valence-corrected chi connectivity index (χ0v) is 12.9. The number of aryl methyl sites for hydroxylation is 3. The number of carbonyl (C=O) groups excluding carboxylic acids is 1. The molecule has 1 atom stereocenters. The molecule has 0 saturated carbocycles. The quantitative estimate of drug-likeness (QED) is 0.908. The molecule has 0 spiro atoms. The van der Waals surface area contributed by atoms with E-state index < -0.39 is 0 Å². The molecule has 2 aromatic rings. The molecule has 1 amide bonds. The highest BCUT2D eigenvalue weighted by Crippen LogP contribution is 2.16. The van der Waals surface area contributed by atoms with Crippen molar-refractivity contribution in [1.29, 1.82) is 0 Å². The molecule has 0 aromatic carbocycles. The van der Waals surface area contributed by atoms with Gasteiger partial charge in [-0.25, -0.2) is 0 Å². The first-order chi connectivity index (χ1) is 9.88. The van der Waals surface area contributed by atoms with Crippen molar-refractivity contribution < 1.29 is 13.8 Å². The van der Waals surface area contributed by atoms with E-state index in [9.17, 15) is 4.79 Å². The van der Waals surface area contributed by atoms with Gasteiger partial charge in [0, 0.05) is 18.2 Å². The topological polar surface area (TPSA) is 84.4 Å². The molecule has 0 unspecified atom stereocenters. The average Bonchev–Trinajstić information content (AvgIpc) is 2.98. The molecule has 0 radical (unpaired) electrons. The number of anilines is 1. The van der Waals surface area contributed by atoms with Crippen molar-refractivity contribution in [2.75, 3.05) is 12.4 Å². The molecule has 2 rings (SSSR count). The normalized spacial score (nSPS) is 12.7. The largest absolute Gasteiger partial charge is 0.361 e. The van der Waals surface area contributed by atoms with Gasteiger partial charge < -0.3 is 9.05 Å². The van der Waals surface area contributed by atoms with Crippen LogP contribution < -0.4 is 5.32 Å². The van der Waals surface area contributed by atoms with Crippen molar-refractivity contribution in [2.45, 2.75) is 40.3 Å². The van der Waals surface area contributed by atoms with E-state index >= 15 is 0 Å². The van der Waals surface area contributed by atoms with Gasteiger partial charge in [0.15, 0.2) is 0 Å². The van der Waals surface area contributed by atoms with E-state index in [1.165, 1.54) is 0 Å². The molecule has 2 heterocycles. The fourth-order valence-corrected chi connectivity index (χ4v) is 1.96. The van der Waals surface area contributed by atoms with Crippen LogP contribution in [-0.2, 0) is 11.3 Å². The molecule has 21 heavy (non-hydrogen) atoms. The zero-order valence-electron chi connectivity index (χ0n) is 12.9. The average molecular weight is 292 g/mol. The summed E-state index contributed by atoms with van der Waals surface area (Å²) in [6.07, 6.45) is 0. The van der Waals surface area contributed by atoms with E-state index in [1.54, 1.807) is 13.0 Å². The van der Waals surface area contributed by atoms with Gasteiger partial charge in [-0.1, -0.05) is 10.3 Å². The number of carbonyl (C=O) groups is 1. The maximum absolute atomic E-state index is 12.2. The third kappa shape index (κ3) is 3.49. The minimum atomic E-state index is -0.330. The molecule has 1 N–H and O–H groups in total. The van der Waals surface area contributed by atoms with E-state index in [2.05, 4.69) is 15.6 Å². The van der Waals surface area contributed by atoms with Gasteiger partial charge in [-0.2, -0.15) is 0 Å². The van der Waals surface area contributed by atoms with E-state index in [1.807, 2.05) is 32.7 Å². The van der Waals surface area contributed by atoms with Crippen molar-refractivity contribution in [3.05, 3.63) is 28.8 Å². The van der Waals surface area contributed by atoms with Crippen LogP contribution in [0, 0.1) is 20.8 Å². The zero-order chi connectivity index (χ0) is 15.6. The van der Waals surface area contributed by atoms with Gasteiger partial charge in [0.2, 0.25) is 11.8 Å². The van der Waals surface area contributed by atoms with Crippen LogP contribution in [0.2, 0.25) is 0 Å². The summed E-state index contributed by atoms with van der Waals surface area (Å²) in [5.41, 5.74) is 2.58. The number of rotatable bonds is 5. The standard InChI is InChI=1S/C14H20N4O3/c1-8-6-13(21-16-8)15-14(19)10(3)18(5)7-12-9(2)17-20-11(12)4/h6,10H,7H2,1-5H3,(H,15,19)/t10-/m1/s1. The Kier molecular flexibility index (Phi) is 4.42. The molecular formula is C14H20N4O3. The Morgan fingerprint density at radius 3 is 2.57 bits per heavy atom. The van der Waals surface area contributed by atoms with Crippen molar-refractivity contribution in [1.82, 2.24) is 15.2 Å². The Morgan fingerprint density at radius 1 is 1.33 bits per heavy atom. The summed E-state index contributed by atoms with van der Waals surface area (Å²) in [4.78, 5) is 14.1. The lowest BCUT2D eigenvalue weighted by Gasteiger charge is -2.23. The second-order valence-corrected chi connectivity index (χ2v) is 5.22.